The predicted molar refractivity (Wildman–Crippen MR) is 54.0 cm³/mol. The van der Waals surface area contributed by atoms with Crippen LogP contribution in [0.4, 0.5) is 0 Å². The summed E-state index contributed by atoms with van der Waals surface area (Å²) in [5.74, 6) is -1.77. The molecule has 0 aromatic rings. The molecule has 6 heteroatoms. The number of nitrogens with one attached hydrogen (secondary N) is 1. The van der Waals surface area contributed by atoms with Crippen molar-refractivity contribution in [1.82, 2.24) is 15.1 Å². The van der Waals surface area contributed by atoms with Gasteiger partial charge >= 0.3 is 0 Å². The van der Waals surface area contributed by atoms with E-state index in [0.717, 1.165) is 6.54 Å². The van der Waals surface area contributed by atoms with E-state index in [9.17, 15) is 14.7 Å². The molecule has 0 atom stereocenters. The summed E-state index contributed by atoms with van der Waals surface area (Å²) in [5.41, 5.74) is 0.0434. The van der Waals surface area contributed by atoms with Crippen molar-refractivity contribution in [3.8, 4) is 0 Å². The number of imide groups is 1. The highest BCUT2D eigenvalue weighted by Gasteiger charge is 2.32. The first-order valence-electron chi connectivity index (χ1n) is 4.58. The van der Waals surface area contributed by atoms with E-state index >= 15 is 0 Å². The molecule has 0 spiro atoms. The average molecular weight is 213 g/mol. The monoisotopic (exact) mass is 213 g/mol. The standard InChI is InChI=1S/C9H15N3O3/c1-11(2)4-5-12(3)6-7(13)9(15)10-8(6)14/h4-5H2,1-3H3,(H2,10,13,14,15). The molecule has 6 nitrogen and oxygen atoms in total. The van der Waals surface area contributed by atoms with Gasteiger partial charge in [-0.15, -0.1) is 0 Å². The molecular formula is C9H15N3O3. The molecule has 0 aromatic heterocycles. The van der Waals surface area contributed by atoms with E-state index in [4.69, 9.17) is 0 Å². The number of hydrogen-bond donors (Lipinski definition) is 2. The Bertz CT molecular complexity index is 323. The van der Waals surface area contributed by atoms with Gasteiger partial charge in [0.25, 0.3) is 11.8 Å². The summed E-state index contributed by atoms with van der Waals surface area (Å²) >= 11 is 0. The Labute approximate surface area is 88.2 Å². The van der Waals surface area contributed by atoms with Crippen molar-refractivity contribution in [3.05, 3.63) is 11.5 Å². The second-order valence-corrected chi connectivity index (χ2v) is 3.71. The lowest BCUT2D eigenvalue weighted by molar-refractivity contribution is -0.125. The maximum Gasteiger partial charge on any atom is 0.295 e. The Balaban J connectivity index is 2.70. The van der Waals surface area contributed by atoms with E-state index in [1.807, 2.05) is 24.3 Å². The van der Waals surface area contributed by atoms with Crippen LogP contribution in [-0.4, -0.2) is 61.0 Å². The number of rotatable bonds is 4. The number of likely N-dealkylation sites (N-methyl/N-ethyl adjacent to an activating group) is 2. The molecule has 0 aliphatic carbocycles. The number of hydrogen-bond acceptors (Lipinski definition) is 5. The zero-order valence-electron chi connectivity index (χ0n) is 9.07. The Kier molecular flexibility index (Phi) is 3.31. The summed E-state index contributed by atoms with van der Waals surface area (Å²) < 4.78 is 0. The fourth-order valence-corrected chi connectivity index (χ4v) is 1.25. The van der Waals surface area contributed by atoms with Gasteiger partial charge in [0.15, 0.2) is 5.70 Å². The molecule has 0 saturated heterocycles. The molecule has 1 aliphatic rings. The lowest BCUT2D eigenvalue weighted by Crippen LogP contribution is -2.32. The van der Waals surface area contributed by atoms with Crippen LogP contribution in [0.2, 0.25) is 0 Å². The van der Waals surface area contributed by atoms with Crippen LogP contribution in [0.5, 0.6) is 0 Å². The Morgan fingerprint density at radius 2 is 1.73 bits per heavy atom. The highest BCUT2D eigenvalue weighted by Crippen LogP contribution is 2.12. The minimum Gasteiger partial charge on any atom is -0.501 e. The SMILES string of the molecule is CN(C)CCN(C)C1=C(O)C(=O)NC1=O. The van der Waals surface area contributed by atoms with Crippen LogP contribution < -0.4 is 5.32 Å². The molecule has 0 fully saturated rings. The minimum atomic E-state index is -0.730. The van der Waals surface area contributed by atoms with Gasteiger partial charge in [0, 0.05) is 20.1 Å². The largest absolute Gasteiger partial charge is 0.501 e. The zero-order valence-corrected chi connectivity index (χ0v) is 9.07. The third-order valence-electron chi connectivity index (χ3n) is 2.15. The van der Waals surface area contributed by atoms with Gasteiger partial charge in [-0.05, 0) is 14.1 Å². The van der Waals surface area contributed by atoms with E-state index < -0.39 is 17.6 Å². The third-order valence-corrected chi connectivity index (χ3v) is 2.15. The molecule has 0 saturated carbocycles. The Morgan fingerprint density at radius 1 is 1.13 bits per heavy atom. The van der Waals surface area contributed by atoms with Gasteiger partial charge < -0.3 is 14.9 Å². The van der Waals surface area contributed by atoms with Crippen LogP contribution in [0.15, 0.2) is 11.5 Å². The maximum absolute atomic E-state index is 11.3. The molecule has 0 bridgehead atoms. The number of nitrogens with zero attached hydrogens (tertiary/aromatic N) is 2. The van der Waals surface area contributed by atoms with Crippen LogP contribution in [0.3, 0.4) is 0 Å². The summed E-state index contributed by atoms with van der Waals surface area (Å²) in [7, 11) is 5.47. The van der Waals surface area contributed by atoms with Gasteiger partial charge in [-0.2, -0.15) is 0 Å². The third kappa shape index (κ3) is 2.47. The summed E-state index contributed by atoms with van der Waals surface area (Å²) in [5, 5.41) is 11.4. The van der Waals surface area contributed by atoms with E-state index in [1.54, 1.807) is 11.9 Å². The second-order valence-electron chi connectivity index (χ2n) is 3.71. The molecule has 0 unspecified atom stereocenters. The van der Waals surface area contributed by atoms with Gasteiger partial charge in [0.1, 0.15) is 0 Å². The second kappa shape index (κ2) is 4.31. The van der Waals surface area contributed by atoms with Gasteiger partial charge in [0.05, 0.1) is 0 Å². The number of carbonyl (C=O) groups excluding carboxylic acids is 2. The van der Waals surface area contributed by atoms with E-state index in [1.165, 1.54) is 0 Å². The number of aliphatic hydroxyl groups is 1. The van der Waals surface area contributed by atoms with Crippen molar-refractivity contribution in [3.63, 3.8) is 0 Å². The lowest BCUT2D eigenvalue weighted by atomic mass is 10.3. The molecule has 0 radical (unpaired) electrons. The van der Waals surface area contributed by atoms with Crippen LogP contribution >= 0.6 is 0 Å². The van der Waals surface area contributed by atoms with Crippen molar-refractivity contribution in [1.29, 1.82) is 0 Å². The van der Waals surface area contributed by atoms with Crippen molar-refractivity contribution < 1.29 is 14.7 Å². The van der Waals surface area contributed by atoms with E-state index in [-0.39, 0.29) is 5.70 Å². The highest BCUT2D eigenvalue weighted by atomic mass is 16.3. The van der Waals surface area contributed by atoms with Crippen molar-refractivity contribution in [2.24, 2.45) is 0 Å². The molecule has 2 N–H and O–H groups in total. The van der Waals surface area contributed by atoms with Gasteiger partial charge in [-0.25, -0.2) is 0 Å². The quantitative estimate of drug-likeness (QED) is 0.580. The molecule has 2 amide bonds. The summed E-state index contributed by atoms with van der Waals surface area (Å²) in [6.07, 6.45) is 0. The Morgan fingerprint density at radius 3 is 2.13 bits per heavy atom. The van der Waals surface area contributed by atoms with Gasteiger partial charge in [0.2, 0.25) is 5.76 Å². The number of carbonyl (C=O) groups is 2. The van der Waals surface area contributed by atoms with Gasteiger partial charge in [-0.1, -0.05) is 0 Å². The lowest BCUT2D eigenvalue weighted by Gasteiger charge is -2.20. The first kappa shape index (κ1) is 11.5. The molecule has 0 aromatic carbocycles. The van der Waals surface area contributed by atoms with Crippen LogP contribution in [0, 0.1) is 0 Å². The predicted octanol–water partition coefficient (Wildman–Crippen LogP) is -1.09. The number of amides is 2. The molecule has 84 valence electrons. The first-order chi connectivity index (χ1) is 6.93. The molecule has 15 heavy (non-hydrogen) atoms. The fourth-order valence-electron chi connectivity index (χ4n) is 1.25. The van der Waals surface area contributed by atoms with E-state index in [0.29, 0.717) is 6.54 Å². The zero-order chi connectivity index (χ0) is 11.6. The Hall–Kier alpha value is -1.56. The summed E-state index contributed by atoms with van der Waals surface area (Å²) in [4.78, 5) is 25.7. The first-order valence-corrected chi connectivity index (χ1v) is 4.58. The average Bonchev–Trinajstić information content (AvgIpc) is 2.37. The summed E-state index contributed by atoms with van der Waals surface area (Å²) in [6, 6.07) is 0. The molecule has 1 rings (SSSR count). The van der Waals surface area contributed by atoms with E-state index in [2.05, 4.69) is 0 Å². The fraction of sp³-hybridized carbons (Fsp3) is 0.556. The van der Waals surface area contributed by atoms with Crippen molar-refractivity contribution in [2.75, 3.05) is 34.2 Å². The molecular weight excluding hydrogens is 198 g/mol. The van der Waals surface area contributed by atoms with Gasteiger partial charge in [-0.3, -0.25) is 14.9 Å². The van der Waals surface area contributed by atoms with Crippen LogP contribution in [0.25, 0.3) is 0 Å². The highest BCUT2D eigenvalue weighted by molar-refractivity contribution is 6.17. The summed E-state index contributed by atoms with van der Waals surface area (Å²) in [6.45, 7) is 1.29. The van der Waals surface area contributed by atoms with Crippen molar-refractivity contribution in [2.45, 2.75) is 0 Å². The van der Waals surface area contributed by atoms with Crippen LogP contribution in [0.1, 0.15) is 0 Å². The minimum absolute atomic E-state index is 0.0434. The normalized spacial score (nSPS) is 16.3. The smallest absolute Gasteiger partial charge is 0.295 e. The molecule has 1 heterocycles. The number of aliphatic hydroxyl groups excluding tert-OH is 1. The maximum atomic E-state index is 11.3. The molecule has 1 aliphatic heterocycles. The van der Waals surface area contributed by atoms with Crippen molar-refractivity contribution >= 4 is 11.8 Å². The topological polar surface area (TPSA) is 72.9 Å². The van der Waals surface area contributed by atoms with Crippen LogP contribution in [-0.2, 0) is 9.59 Å².